The zero-order valence-corrected chi connectivity index (χ0v) is 12.5. The maximum Gasteiger partial charge on any atom is 0.310 e. The van der Waals surface area contributed by atoms with Crippen molar-refractivity contribution in [1.29, 1.82) is 0 Å². The normalized spacial score (nSPS) is 10.6. The van der Waals surface area contributed by atoms with Crippen molar-refractivity contribution in [2.45, 2.75) is 19.4 Å². The molecule has 2 rings (SSSR count). The Bertz CT molecular complexity index is 505. The second kappa shape index (κ2) is 7.43. The van der Waals surface area contributed by atoms with Gasteiger partial charge in [-0.3, -0.25) is 4.79 Å². The molecule has 1 N–H and O–H groups in total. The molecule has 0 fully saturated rings. The molecule has 5 heteroatoms. The van der Waals surface area contributed by atoms with Gasteiger partial charge in [0.05, 0.1) is 13.5 Å². The molecule has 0 aliphatic rings. The average molecular weight is 295 g/mol. The molecule has 102 valence electrons. The lowest BCUT2D eigenvalue weighted by Gasteiger charge is -2.01. The number of hydrogen-bond donors (Lipinski definition) is 1. The molecule has 0 radical (unpaired) electrons. The van der Waals surface area contributed by atoms with Crippen molar-refractivity contribution in [2.24, 2.45) is 0 Å². The summed E-state index contributed by atoms with van der Waals surface area (Å²) in [7, 11) is 1.42. The smallest absolute Gasteiger partial charge is 0.310 e. The summed E-state index contributed by atoms with van der Waals surface area (Å²) in [6.45, 7) is 1.84. The molecule has 0 amide bonds. The van der Waals surface area contributed by atoms with Crippen LogP contribution in [0.2, 0.25) is 0 Å². The molecule has 0 spiro atoms. The fourth-order valence-corrected chi connectivity index (χ4v) is 3.39. The van der Waals surface area contributed by atoms with E-state index in [4.69, 9.17) is 0 Å². The Morgan fingerprint density at radius 3 is 2.84 bits per heavy atom. The van der Waals surface area contributed by atoms with E-state index in [9.17, 15) is 4.79 Å². The maximum absolute atomic E-state index is 11.2. The van der Waals surface area contributed by atoms with Crippen LogP contribution >= 0.6 is 22.7 Å². The highest BCUT2D eigenvalue weighted by Gasteiger charge is 2.06. The van der Waals surface area contributed by atoms with E-state index in [-0.39, 0.29) is 5.97 Å². The zero-order chi connectivity index (χ0) is 13.5. The van der Waals surface area contributed by atoms with Gasteiger partial charge in [0.1, 0.15) is 0 Å². The first-order valence-electron chi connectivity index (χ1n) is 6.15. The van der Waals surface area contributed by atoms with Crippen LogP contribution in [0.25, 0.3) is 0 Å². The third kappa shape index (κ3) is 4.78. The van der Waals surface area contributed by atoms with Crippen molar-refractivity contribution in [3.63, 3.8) is 0 Å². The van der Waals surface area contributed by atoms with Crippen molar-refractivity contribution in [2.75, 3.05) is 13.7 Å². The van der Waals surface area contributed by atoms with Crippen LogP contribution in [0.15, 0.2) is 29.6 Å². The molecule has 2 heterocycles. The van der Waals surface area contributed by atoms with Gasteiger partial charge in [0.15, 0.2) is 0 Å². The molecule has 3 nitrogen and oxygen atoms in total. The molecule has 0 unspecified atom stereocenters. The molecule has 2 aromatic rings. The monoisotopic (exact) mass is 295 g/mol. The number of rotatable bonds is 7. The van der Waals surface area contributed by atoms with E-state index in [1.807, 2.05) is 6.07 Å². The number of hydrogen-bond acceptors (Lipinski definition) is 5. The molecule has 0 aromatic carbocycles. The van der Waals surface area contributed by atoms with Crippen molar-refractivity contribution in [1.82, 2.24) is 5.32 Å². The second-order valence-electron chi connectivity index (χ2n) is 4.13. The number of ether oxygens (including phenoxy) is 1. The molecule has 0 bridgehead atoms. The van der Waals surface area contributed by atoms with Crippen LogP contribution in [0.4, 0.5) is 0 Å². The van der Waals surface area contributed by atoms with Crippen LogP contribution in [0.5, 0.6) is 0 Å². The molecule has 0 aliphatic carbocycles. The van der Waals surface area contributed by atoms with Crippen LogP contribution in [0.3, 0.4) is 0 Å². The van der Waals surface area contributed by atoms with E-state index in [1.165, 1.54) is 16.9 Å². The Hall–Kier alpha value is -1.17. The van der Waals surface area contributed by atoms with Crippen molar-refractivity contribution >= 4 is 28.6 Å². The van der Waals surface area contributed by atoms with Crippen LogP contribution in [-0.2, 0) is 28.9 Å². The standard InChI is InChI=1S/C14H17NO2S2/c1-17-14(16)9-12-4-5-13(19-12)10-15-7-6-11-3-2-8-18-11/h2-5,8,15H,6-7,9-10H2,1H3. The summed E-state index contributed by atoms with van der Waals surface area (Å²) < 4.78 is 4.66. The van der Waals surface area contributed by atoms with Crippen LogP contribution in [0.1, 0.15) is 14.6 Å². The second-order valence-corrected chi connectivity index (χ2v) is 6.41. The fourth-order valence-electron chi connectivity index (χ4n) is 1.70. The number of esters is 1. The highest BCUT2D eigenvalue weighted by Crippen LogP contribution is 2.17. The largest absolute Gasteiger partial charge is 0.469 e. The van der Waals surface area contributed by atoms with Gasteiger partial charge in [-0.15, -0.1) is 22.7 Å². The predicted octanol–water partition coefficient (Wildman–Crippen LogP) is 2.86. The summed E-state index contributed by atoms with van der Waals surface area (Å²) in [5.41, 5.74) is 0. The number of carbonyl (C=O) groups excluding carboxylic acids is 1. The first kappa shape index (κ1) is 14.2. The van der Waals surface area contributed by atoms with E-state index in [2.05, 4.69) is 33.6 Å². The summed E-state index contributed by atoms with van der Waals surface area (Å²) in [6, 6.07) is 8.31. The van der Waals surface area contributed by atoms with Crippen molar-refractivity contribution in [3.05, 3.63) is 44.3 Å². The number of nitrogens with one attached hydrogen (secondary N) is 1. The van der Waals surface area contributed by atoms with Gasteiger partial charge in [0, 0.05) is 27.7 Å². The summed E-state index contributed by atoms with van der Waals surface area (Å²) in [6.07, 6.45) is 1.44. The minimum Gasteiger partial charge on any atom is -0.469 e. The van der Waals surface area contributed by atoms with E-state index >= 15 is 0 Å². The van der Waals surface area contributed by atoms with Gasteiger partial charge in [-0.25, -0.2) is 0 Å². The highest BCUT2D eigenvalue weighted by atomic mass is 32.1. The van der Waals surface area contributed by atoms with Gasteiger partial charge in [-0.1, -0.05) is 6.07 Å². The number of thiophene rings is 2. The first-order valence-corrected chi connectivity index (χ1v) is 7.85. The van der Waals surface area contributed by atoms with Crippen molar-refractivity contribution in [3.8, 4) is 0 Å². The maximum atomic E-state index is 11.2. The Morgan fingerprint density at radius 1 is 1.26 bits per heavy atom. The third-order valence-electron chi connectivity index (χ3n) is 2.69. The topological polar surface area (TPSA) is 38.3 Å². The van der Waals surface area contributed by atoms with E-state index < -0.39 is 0 Å². The minimum absolute atomic E-state index is 0.181. The lowest BCUT2D eigenvalue weighted by Crippen LogP contribution is -2.15. The third-order valence-corrected chi connectivity index (χ3v) is 4.71. The van der Waals surface area contributed by atoms with Crippen LogP contribution in [0, 0.1) is 0 Å². The molecule has 0 atom stereocenters. The first-order chi connectivity index (χ1) is 9.28. The minimum atomic E-state index is -0.181. The highest BCUT2D eigenvalue weighted by molar-refractivity contribution is 7.12. The lowest BCUT2D eigenvalue weighted by atomic mass is 10.3. The SMILES string of the molecule is COC(=O)Cc1ccc(CNCCc2cccs2)s1. The molecule has 0 saturated carbocycles. The summed E-state index contributed by atoms with van der Waals surface area (Å²) in [5.74, 6) is -0.181. The van der Waals surface area contributed by atoms with E-state index in [0.29, 0.717) is 6.42 Å². The Morgan fingerprint density at radius 2 is 2.11 bits per heavy atom. The van der Waals surface area contributed by atoms with Gasteiger partial charge < -0.3 is 10.1 Å². The van der Waals surface area contributed by atoms with Crippen molar-refractivity contribution < 1.29 is 9.53 Å². The van der Waals surface area contributed by atoms with E-state index in [0.717, 1.165) is 24.4 Å². The Kier molecular flexibility index (Phi) is 5.57. The van der Waals surface area contributed by atoms with Gasteiger partial charge in [-0.05, 0) is 30.0 Å². The van der Waals surface area contributed by atoms with Gasteiger partial charge in [0.2, 0.25) is 0 Å². The Balaban J connectivity index is 1.70. The zero-order valence-electron chi connectivity index (χ0n) is 10.8. The summed E-state index contributed by atoms with van der Waals surface area (Å²) in [5, 5.41) is 5.53. The molecular weight excluding hydrogens is 278 g/mol. The summed E-state index contributed by atoms with van der Waals surface area (Å²) >= 11 is 3.46. The van der Waals surface area contributed by atoms with Gasteiger partial charge in [-0.2, -0.15) is 0 Å². The molecule has 0 saturated heterocycles. The Labute approximate surface area is 121 Å². The average Bonchev–Trinajstić information content (AvgIpc) is 3.06. The van der Waals surface area contributed by atoms with E-state index in [1.54, 1.807) is 22.7 Å². The molecule has 2 aromatic heterocycles. The van der Waals surface area contributed by atoms with Gasteiger partial charge >= 0.3 is 5.97 Å². The molecule has 0 aliphatic heterocycles. The van der Waals surface area contributed by atoms with Crippen LogP contribution in [-0.4, -0.2) is 19.6 Å². The fraction of sp³-hybridized carbons (Fsp3) is 0.357. The molecule has 19 heavy (non-hydrogen) atoms. The lowest BCUT2D eigenvalue weighted by molar-refractivity contribution is -0.139. The molecular formula is C14H17NO2S2. The quantitative estimate of drug-likeness (QED) is 0.630. The van der Waals surface area contributed by atoms with Crippen LogP contribution < -0.4 is 5.32 Å². The number of methoxy groups -OCH3 is 1. The van der Waals surface area contributed by atoms with Gasteiger partial charge in [0.25, 0.3) is 0 Å². The number of carbonyl (C=O) groups is 1. The summed E-state index contributed by atoms with van der Waals surface area (Å²) in [4.78, 5) is 14.9. The predicted molar refractivity (Wildman–Crippen MR) is 79.8 cm³/mol.